The van der Waals surface area contributed by atoms with E-state index in [9.17, 15) is 13.2 Å². The average molecular weight is 434 g/mol. The molecule has 0 spiro atoms. The summed E-state index contributed by atoms with van der Waals surface area (Å²) in [6.07, 6.45) is 0.764. The highest BCUT2D eigenvalue weighted by molar-refractivity contribution is 7.93. The predicted molar refractivity (Wildman–Crippen MR) is 118 cm³/mol. The van der Waals surface area contributed by atoms with Crippen molar-refractivity contribution in [3.05, 3.63) is 70.6 Å². The number of amides is 1. The Morgan fingerprint density at radius 3 is 2.70 bits per heavy atom. The Labute approximate surface area is 176 Å². The van der Waals surface area contributed by atoms with E-state index >= 15 is 0 Å². The van der Waals surface area contributed by atoms with Crippen LogP contribution in [0.1, 0.15) is 20.8 Å². The van der Waals surface area contributed by atoms with Gasteiger partial charge < -0.3 is 4.90 Å². The Morgan fingerprint density at radius 1 is 1.03 bits per heavy atom. The highest BCUT2D eigenvalue weighted by Gasteiger charge is 2.31. The van der Waals surface area contributed by atoms with Gasteiger partial charge in [0.2, 0.25) is 0 Å². The van der Waals surface area contributed by atoms with Gasteiger partial charge in [0.15, 0.2) is 5.13 Å². The van der Waals surface area contributed by atoms with Crippen molar-refractivity contribution in [1.29, 1.82) is 0 Å². The zero-order valence-corrected chi connectivity index (χ0v) is 17.5. The van der Waals surface area contributed by atoms with Crippen LogP contribution in [0.15, 0.2) is 59.5 Å². The van der Waals surface area contributed by atoms with Crippen LogP contribution >= 0.6 is 11.3 Å². The average Bonchev–Trinajstić information content (AvgIpc) is 3.34. The third kappa shape index (κ3) is 2.31. The highest BCUT2D eigenvalue weighted by Crippen LogP contribution is 2.42. The maximum Gasteiger partial charge on any atom is 0.264 e. The number of carbonyl (C=O) groups is 1. The van der Waals surface area contributed by atoms with Crippen molar-refractivity contribution in [2.24, 2.45) is 0 Å². The molecule has 8 heteroatoms. The van der Waals surface area contributed by atoms with Gasteiger partial charge in [-0.3, -0.25) is 9.52 Å². The Hall–Kier alpha value is -3.23. The number of nitrogens with one attached hydrogen (secondary N) is 1. The van der Waals surface area contributed by atoms with E-state index in [1.54, 1.807) is 42.3 Å². The second-order valence-corrected chi connectivity index (χ2v) is 10.1. The first-order chi connectivity index (χ1) is 14.4. The zero-order valence-electron chi connectivity index (χ0n) is 15.8. The molecule has 1 aliphatic carbocycles. The number of sulfonamides is 1. The van der Waals surface area contributed by atoms with Gasteiger partial charge in [-0.2, -0.15) is 0 Å². The van der Waals surface area contributed by atoms with Crippen LogP contribution in [-0.4, -0.2) is 26.4 Å². The van der Waals surface area contributed by atoms with Crippen molar-refractivity contribution in [3.63, 3.8) is 0 Å². The molecule has 3 aromatic carbocycles. The van der Waals surface area contributed by atoms with Gasteiger partial charge in [0.1, 0.15) is 0 Å². The molecule has 1 N–H and O–H groups in total. The van der Waals surface area contributed by atoms with Crippen molar-refractivity contribution in [3.8, 4) is 11.3 Å². The van der Waals surface area contributed by atoms with E-state index in [4.69, 9.17) is 0 Å². The Kier molecular flexibility index (Phi) is 3.46. The topological polar surface area (TPSA) is 79.4 Å². The first kappa shape index (κ1) is 17.6. The van der Waals surface area contributed by atoms with Crippen LogP contribution in [0.5, 0.6) is 0 Å². The van der Waals surface area contributed by atoms with Crippen molar-refractivity contribution in [1.82, 2.24) is 4.98 Å². The number of hydrogen-bond acceptors (Lipinski definition) is 5. The molecular formula is C22H15N3O3S2. The van der Waals surface area contributed by atoms with Gasteiger partial charge in [-0.1, -0.05) is 36.4 Å². The Bertz CT molecular complexity index is 1510. The van der Waals surface area contributed by atoms with Gasteiger partial charge in [-0.25, -0.2) is 13.4 Å². The number of fused-ring (bicyclic) bond motifs is 3. The maximum atomic E-state index is 13.3. The molecule has 6 rings (SSSR count). The van der Waals surface area contributed by atoms with Gasteiger partial charge >= 0.3 is 0 Å². The largest absolute Gasteiger partial charge is 0.311 e. The zero-order chi connectivity index (χ0) is 20.6. The summed E-state index contributed by atoms with van der Waals surface area (Å²) in [7, 11) is -2.18. The monoisotopic (exact) mass is 433 g/mol. The molecule has 148 valence electrons. The van der Waals surface area contributed by atoms with Crippen molar-refractivity contribution < 1.29 is 13.2 Å². The molecule has 0 bridgehead atoms. The summed E-state index contributed by atoms with van der Waals surface area (Å²) in [5.74, 6) is -0.131. The van der Waals surface area contributed by atoms with Crippen LogP contribution in [-0.2, 0) is 16.4 Å². The second kappa shape index (κ2) is 5.90. The van der Waals surface area contributed by atoms with E-state index in [-0.39, 0.29) is 10.8 Å². The summed E-state index contributed by atoms with van der Waals surface area (Å²) in [6.45, 7) is 0. The quantitative estimate of drug-likeness (QED) is 0.461. The summed E-state index contributed by atoms with van der Waals surface area (Å²) in [5, 5.41) is 1.55. The van der Waals surface area contributed by atoms with Crippen LogP contribution < -0.4 is 9.62 Å². The lowest BCUT2D eigenvalue weighted by atomic mass is 10.1. The first-order valence-electron chi connectivity index (χ1n) is 9.38. The molecule has 0 atom stereocenters. The van der Waals surface area contributed by atoms with Crippen LogP contribution in [0.2, 0.25) is 0 Å². The molecular weight excluding hydrogens is 418 g/mol. The fourth-order valence-corrected chi connectivity index (χ4v) is 6.76. The molecule has 0 saturated heterocycles. The van der Waals surface area contributed by atoms with E-state index in [0.29, 0.717) is 21.5 Å². The first-order valence-corrected chi connectivity index (χ1v) is 11.7. The summed E-state index contributed by atoms with van der Waals surface area (Å²) >= 11 is 1.36. The molecule has 0 saturated carbocycles. The van der Waals surface area contributed by atoms with Crippen LogP contribution in [0.4, 0.5) is 10.8 Å². The molecule has 6 nitrogen and oxygen atoms in total. The lowest BCUT2D eigenvalue weighted by Gasteiger charge is -2.12. The van der Waals surface area contributed by atoms with E-state index < -0.39 is 10.0 Å². The molecule has 0 unspecified atom stereocenters. The fourth-order valence-electron chi connectivity index (χ4n) is 4.32. The minimum absolute atomic E-state index is 0.131. The van der Waals surface area contributed by atoms with Crippen LogP contribution in [0.25, 0.3) is 22.0 Å². The number of rotatable bonds is 3. The van der Waals surface area contributed by atoms with E-state index in [2.05, 4.69) is 15.8 Å². The molecule has 1 amide bonds. The molecule has 4 aromatic rings. The number of aromatic nitrogens is 1. The van der Waals surface area contributed by atoms with Crippen molar-refractivity contribution in [2.45, 2.75) is 11.3 Å². The maximum absolute atomic E-state index is 13.3. The second-order valence-electron chi connectivity index (χ2n) is 7.41. The number of carbonyl (C=O) groups excluding carboxylic acids is 1. The molecule has 0 fully saturated rings. The predicted octanol–water partition coefficient (Wildman–Crippen LogP) is 4.26. The third-order valence-corrected chi connectivity index (χ3v) is 8.20. The summed E-state index contributed by atoms with van der Waals surface area (Å²) in [4.78, 5) is 19.8. The number of thiazole rings is 1. The van der Waals surface area contributed by atoms with E-state index in [1.807, 2.05) is 18.2 Å². The van der Waals surface area contributed by atoms with Crippen LogP contribution in [0, 0.1) is 0 Å². The summed E-state index contributed by atoms with van der Waals surface area (Å²) in [5.41, 5.74) is 4.35. The van der Waals surface area contributed by atoms with Crippen molar-refractivity contribution in [2.75, 3.05) is 16.7 Å². The summed E-state index contributed by atoms with van der Waals surface area (Å²) in [6, 6.07) is 16.4. The number of benzene rings is 3. The highest BCUT2D eigenvalue weighted by atomic mass is 32.2. The minimum Gasteiger partial charge on any atom is -0.311 e. The van der Waals surface area contributed by atoms with Gasteiger partial charge in [0.05, 0.1) is 16.3 Å². The fraction of sp³-hybridized carbons (Fsp3) is 0.0909. The van der Waals surface area contributed by atoms with E-state index in [1.165, 1.54) is 16.9 Å². The number of anilines is 2. The third-order valence-electron chi connectivity index (χ3n) is 5.71. The smallest absolute Gasteiger partial charge is 0.264 e. The van der Waals surface area contributed by atoms with Crippen molar-refractivity contribution >= 4 is 48.9 Å². The SMILES string of the molecule is CN1C(=O)c2cccc3c(S(=O)(=O)Nc4nc5c(s4)Cc4ccccc4-5)ccc1c23. The van der Waals surface area contributed by atoms with Crippen LogP contribution in [0.3, 0.4) is 0 Å². The summed E-state index contributed by atoms with van der Waals surface area (Å²) < 4.78 is 29.2. The molecule has 1 aromatic heterocycles. The molecule has 1 aliphatic heterocycles. The molecule has 0 radical (unpaired) electrons. The van der Waals surface area contributed by atoms with Gasteiger partial charge in [0.25, 0.3) is 15.9 Å². The number of hydrogen-bond donors (Lipinski definition) is 1. The lowest BCUT2D eigenvalue weighted by molar-refractivity contribution is 0.0999. The van der Waals surface area contributed by atoms with E-state index in [0.717, 1.165) is 28.2 Å². The van der Waals surface area contributed by atoms with Gasteiger partial charge in [-0.05, 0) is 23.8 Å². The Balaban J connectivity index is 1.43. The number of nitrogens with zero attached hydrogens (tertiary/aromatic N) is 2. The minimum atomic E-state index is -3.88. The van der Waals surface area contributed by atoms with Gasteiger partial charge in [0, 0.05) is 40.2 Å². The molecule has 30 heavy (non-hydrogen) atoms. The Morgan fingerprint density at radius 2 is 1.83 bits per heavy atom. The van der Waals surface area contributed by atoms with Gasteiger partial charge in [-0.15, -0.1) is 11.3 Å². The molecule has 2 heterocycles. The molecule has 2 aliphatic rings. The lowest BCUT2D eigenvalue weighted by Crippen LogP contribution is -2.20. The normalized spacial score (nSPS) is 14.3. The standard InChI is InChI=1S/C22H15N3O3S2/c1-25-16-9-10-18(14-7-4-8-15(19(14)16)21(25)26)30(27,28)24-22-23-20-13-6-3-2-5-12(13)11-17(20)29-22/h2-10H,11H2,1H3,(H,23,24).